The number of likely N-dealkylation sites (tertiary alicyclic amines) is 1. The highest BCUT2D eigenvalue weighted by molar-refractivity contribution is 5.16. The van der Waals surface area contributed by atoms with E-state index in [0.29, 0.717) is 5.92 Å². The van der Waals surface area contributed by atoms with E-state index in [1.165, 1.54) is 5.56 Å². The smallest absolute Gasteiger partial charge is 0.147 e. The zero-order chi connectivity index (χ0) is 15.4. The molecule has 3 rings (SSSR count). The van der Waals surface area contributed by atoms with Gasteiger partial charge in [-0.3, -0.25) is 0 Å². The molecule has 1 aliphatic heterocycles. The number of ether oxygens (including phenoxy) is 1. The molecule has 0 spiro atoms. The van der Waals surface area contributed by atoms with E-state index in [-0.39, 0.29) is 0 Å². The van der Waals surface area contributed by atoms with Crippen molar-refractivity contribution >= 4 is 0 Å². The molecule has 2 heterocycles. The van der Waals surface area contributed by atoms with Crippen molar-refractivity contribution in [3.05, 3.63) is 47.5 Å². The van der Waals surface area contributed by atoms with E-state index in [4.69, 9.17) is 9.72 Å². The topological polar surface area (TPSA) is 43.2 Å². The lowest BCUT2D eigenvalue weighted by Crippen LogP contribution is -2.25. The number of aryl methyl sites for hydroxylation is 1. The Hall–Kier alpha value is -1.72. The van der Waals surface area contributed by atoms with E-state index in [2.05, 4.69) is 38.9 Å². The standard InChI is InChI=1S/C17H24N4O/c1-14-18-17(16-8-9-20(13-16)10-11-22-2)21(19-14)12-15-6-4-3-5-7-15/h3-7,16H,8-13H2,1-2H3. The maximum Gasteiger partial charge on any atom is 0.147 e. The van der Waals surface area contributed by atoms with Crippen LogP contribution in [0.1, 0.15) is 29.6 Å². The summed E-state index contributed by atoms with van der Waals surface area (Å²) in [6, 6.07) is 10.5. The highest BCUT2D eigenvalue weighted by atomic mass is 16.5. The number of hydrogen-bond acceptors (Lipinski definition) is 4. The summed E-state index contributed by atoms with van der Waals surface area (Å²) in [5.74, 6) is 2.46. The van der Waals surface area contributed by atoms with Crippen LogP contribution in [0.2, 0.25) is 0 Å². The van der Waals surface area contributed by atoms with Crippen molar-refractivity contribution in [1.82, 2.24) is 19.7 Å². The van der Waals surface area contributed by atoms with Gasteiger partial charge in [-0.05, 0) is 25.5 Å². The van der Waals surface area contributed by atoms with Crippen LogP contribution in [-0.4, -0.2) is 53.0 Å². The third-order valence-corrected chi connectivity index (χ3v) is 4.23. The van der Waals surface area contributed by atoms with Gasteiger partial charge in [0, 0.05) is 26.1 Å². The number of benzene rings is 1. The summed E-state index contributed by atoms with van der Waals surface area (Å²) in [5, 5.41) is 4.60. The van der Waals surface area contributed by atoms with Crippen LogP contribution in [0.25, 0.3) is 0 Å². The van der Waals surface area contributed by atoms with Gasteiger partial charge in [0.25, 0.3) is 0 Å². The first-order chi connectivity index (χ1) is 10.8. The average Bonchev–Trinajstić information content (AvgIpc) is 3.13. The predicted molar refractivity (Wildman–Crippen MR) is 86.0 cm³/mol. The summed E-state index contributed by atoms with van der Waals surface area (Å²) in [6.45, 7) is 6.73. The Kier molecular flexibility index (Phi) is 4.85. The van der Waals surface area contributed by atoms with E-state index in [1.807, 2.05) is 13.0 Å². The molecule has 1 fully saturated rings. The number of methoxy groups -OCH3 is 1. The lowest BCUT2D eigenvalue weighted by Gasteiger charge is -2.15. The zero-order valence-electron chi connectivity index (χ0n) is 13.4. The first-order valence-electron chi connectivity index (χ1n) is 7.93. The highest BCUT2D eigenvalue weighted by Gasteiger charge is 2.27. The minimum Gasteiger partial charge on any atom is -0.383 e. The van der Waals surface area contributed by atoms with Crippen LogP contribution in [0.4, 0.5) is 0 Å². The van der Waals surface area contributed by atoms with Crippen LogP contribution in [0, 0.1) is 6.92 Å². The van der Waals surface area contributed by atoms with Crippen molar-refractivity contribution in [3.8, 4) is 0 Å². The summed E-state index contributed by atoms with van der Waals surface area (Å²) < 4.78 is 7.26. The van der Waals surface area contributed by atoms with E-state index in [9.17, 15) is 0 Å². The van der Waals surface area contributed by atoms with Gasteiger partial charge in [0.05, 0.1) is 13.2 Å². The minimum atomic E-state index is 0.474. The van der Waals surface area contributed by atoms with Crippen LogP contribution in [0.3, 0.4) is 0 Å². The van der Waals surface area contributed by atoms with Gasteiger partial charge in [0.15, 0.2) is 0 Å². The fraction of sp³-hybridized carbons (Fsp3) is 0.529. The van der Waals surface area contributed by atoms with Gasteiger partial charge >= 0.3 is 0 Å². The zero-order valence-corrected chi connectivity index (χ0v) is 13.4. The Bertz CT molecular complexity index is 596. The quantitative estimate of drug-likeness (QED) is 0.819. The van der Waals surface area contributed by atoms with Gasteiger partial charge in [-0.1, -0.05) is 30.3 Å². The van der Waals surface area contributed by atoms with Crippen molar-refractivity contribution in [2.75, 3.05) is 33.4 Å². The van der Waals surface area contributed by atoms with Crippen molar-refractivity contribution in [2.45, 2.75) is 25.8 Å². The lowest BCUT2D eigenvalue weighted by atomic mass is 10.1. The molecule has 1 unspecified atom stereocenters. The van der Waals surface area contributed by atoms with Crippen LogP contribution in [0.15, 0.2) is 30.3 Å². The molecule has 1 aliphatic rings. The molecule has 0 saturated carbocycles. The molecule has 2 aromatic rings. The molecular weight excluding hydrogens is 276 g/mol. The maximum absolute atomic E-state index is 5.18. The van der Waals surface area contributed by atoms with Gasteiger partial charge in [0.2, 0.25) is 0 Å². The molecule has 1 saturated heterocycles. The molecule has 0 radical (unpaired) electrons. The monoisotopic (exact) mass is 300 g/mol. The van der Waals surface area contributed by atoms with Crippen LogP contribution < -0.4 is 0 Å². The first-order valence-corrected chi connectivity index (χ1v) is 7.93. The summed E-state index contributed by atoms with van der Waals surface area (Å²) in [4.78, 5) is 7.15. The second kappa shape index (κ2) is 7.03. The summed E-state index contributed by atoms with van der Waals surface area (Å²) in [7, 11) is 1.76. The van der Waals surface area contributed by atoms with Gasteiger partial charge in [-0.25, -0.2) is 9.67 Å². The minimum absolute atomic E-state index is 0.474. The van der Waals surface area contributed by atoms with Crippen LogP contribution in [0.5, 0.6) is 0 Å². The number of rotatable bonds is 6. The van der Waals surface area contributed by atoms with Gasteiger partial charge in [-0.15, -0.1) is 0 Å². The second-order valence-electron chi connectivity index (χ2n) is 5.94. The van der Waals surface area contributed by atoms with Crippen molar-refractivity contribution in [1.29, 1.82) is 0 Å². The summed E-state index contributed by atoms with van der Waals surface area (Å²) in [6.07, 6.45) is 1.15. The van der Waals surface area contributed by atoms with Crippen molar-refractivity contribution < 1.29 is 4.74 Å². The molecule has 0 amide bonds. The van der Waals surface area contributed by atoms with E-state index in [1.54, 1.807) is 7.11 Å². The molecule has 1 aromatic carbocycles. The number of aromatic nitrogens is 3. The molecule has 118 valence electrons. The Morgan fingerprint density at radius 3 is 2.86 bits per heavy atom. The Morgan fingerprint density at radius 2 is 2.09 bits per heavy atom. The molecule has 1 aromatic heterocycles. The highest BCUT2D eigenvalue weighted by Crippen LogP contribution is 2.26. The molecule has 22 heavy (non-hydrogen) atoms. The summed E-state index contributed by atoms with van der Waals surface area (Å²) in [5.41, 5.74) is 1.27. The van der Waals surface area contributed by atoms with Crippen LogP contribution in [-0.2, 0) is 11.3 Å². The van der Waals surface area contributed by atoms with Crippen LogP contribution >= 0.6 is 0 Å². The Labute approximate surface area is 131 Å². The van der Waals surface area contributed by atoms with E-state index in [0.717, 1.165) is 50.9 Å². The second-order valence-corrected chi connectivity index (χ2v) is 5.94. The van der Waals surface area contributed by atoms with Crippen molar-refractivity contribution in [2.24, 2.45) is 0 Å². The van der Waals surface area contributed by atoms with E-state index < -0.39 is 0 Å². The maximum atomic E-state index is 5.18. The first kappa shape index (κ1) is 15.2. The van der Waals surface area contributed by atoms with Gasteiger partial charge < -0.3 is 9.64 Å². The Balaban J connectivity index is 1.72. The van der Waals surface area contributed by atoms with Crippen molar-refractivity contribution in [3.63, 3.8) is 0 Å². The van der Waals surface area contributed by atoms with Gasteiger partial charge in [0.1, 0.15) is 11.6 Å². The Morgan fingerprint density at radius 1 is 1.27 bits per heavy atom. The molecule has 0 aliphatic carbocycles. The molecule has 5 nitrogen and oxygen atoms in total. The predicted octanol–water partition coefficient (Wildman–Crippen LogP) is 2.07. The molecule has 5 heteroatoms. The molecule has 0 bridgehead atoms. The molecular formula is C17H24N4O. The molecule has 1 atom stereocenters. The largest absolute Gasteiger partial charge is 0.383 e. The SMILES string of the molecule is COCCN1CCC(c2nc(C)nn2Cc2ccccc2)C1. The normalized spacial score (nSPS) is 18.9. The number of hydrogen-bond donors (Lipinski definition) is 0. The third-order valence-electron chi connectivity index (χ3n) is 4.23. The average molecular weight is 300 g/mol. The lowest BCUT2D eigenvalue weighted by molar-refractivity contribution is 0.160. The van der Waals surface area contributed by atoms with Gasteiger partial charge in [-0.2, -0.15) is 5.10 Å². The summed E-state index contributed by atoms with van der Waals surface area (Å²) >= 11 is 0. The van der Waals surface area contributed by atoms with E-state index >= 15 is 0 Å². The fourth-order valence-corrected chi connectivity index (χ4v) is 3.11. The fourth-order valence-electron chi connectivity index (χ4n) is 3.11. The number of nitrogens with zero attached hydrogens (tertiary/aromatic N) is 4. The third kappa shape index (κ3) is 3.54. The molecule has 0 N–H and O–H groups in total.